The molecule has 0 unspecified atom stereocenters. The molecule has 0 spiro atoms. The van der Waals surface area contributed by atoms with E-state index in [1.54, 1.807) is 6.92 Å². The standard InChI is InChI=1S/C20H19N3O5S/c1-10-6-7-14-15(8-10)29-19-16(14)18(24)21-17(22-19)11(2)28-20(25)12-4-3-5-13(9-12)23(26)27/h3-5,9-11H,6-8H2,1-2H3,(H,21,22,24)/t10-,11+/m1/s1. The highest BCUT2D eigenvalue weighted by Crippen LogP contribution is 2.36. The van der Waals surface area contributed by atoms with Crippen LogP contribution in [0, 0.1) is 16.0 Å². The van der Waals surface area contributed by atoms with Crippen LogP contribution in [-0.4, -0.2) is 20.9 Å². The maximum atomic E-state index is 12.7. The van der Waals surface area contributed by atoms with Crippen LogP contribution >= 0.6 is 11.3 Å². The Kier molecular flexibility index (Phi) is 4.91. The molecule has 2 atom stereocenters. The second-order valence-electron chi connectivity index (χ2n) is 7.34. The SMILES string of the molecule is C[C@@H]1CCc2c(sc3nc([C@H](C)OC(=O)c4cccc([N+](=O)[O-])c4)[nH]c(=O)c23)C1. The summed E-state index contributed by atoms with van der Waals surface area (Å²) in [5.41, 5.74) is 0.730. The Labute approximate surface area is 169 Å². The number of hydrogen-bond donors (Lipinski definition) is 1. The molecule has 0 fully saturated rings. The van der Waals surface area contributed by atoms with Crippen molar-refractivity contribution >= 4 is 33.2 Å². The number of aromatic nitrogens is 2. The minimum atomic E-state index is -0.808. The number of H-pyrrole nitrogens is 1. The first-order valence-electron chi connectivity index (χ1n) is 9.33. The predicted molar refractivity (Wildman–Crippen MR) is 108 cm³/mol. The molecular weight excluding hydrogens is 394 g/mol. The molecule has 0 saturated carbocycles. The van der Waals surface area contributed by atoms with Gasteiger partial charge in [0, 0.05) is 17.0 Å². The lowest BCUT2D eigenvalue weighted by atomic mass is 9.89. The van der Waals surface area contributed by atoms with Crippen LogP contribution in [0.25, 0.3) is 10.2 Å². The number of thiophene rings is 1. The minimum absolute atomic E-state index is 0.0649. The fourth-order valence-electron chi connectivity index (χ4n) is 3.59. The van der Waals surface area contributed by atoms with Gasteiger partial charge in [-0.05, 0) is 43.7 Å². The van der Waals surface area contributed by atoms with E-state index in [4.69, 9.17) is 4.74 Å². The molecule has 2 aromatic heterocycles. The Morgan fingerprint density at radius 1 is 1.45 bits per heavy atom. The number of benzene rings is 1. The number of nitro groups is 1. The van der Waals surface area contributed by atoms with E-state index in [0.717, 1.165) is 30.9 Å². The van der Waals surface area contributed by atoms with Gasteiger partial charge in [0.25, 0.3) is 11.2 Å². The number of carbonyl (C=O) groups is 1. The number of rotatable bonds is 4. The van der Waals surface area contributed by atoms with Gasteiger partial charge >= 0.3 is 5.97 Å². The van der Waals surface area contributed by atoms with E-state index in [0.29, 0.717) is 16.1 Å². The number of aryl methyl sites for hydroxylation is 1. The Bertz CT molecular complexity index is 1180. The number of nitrogens with zero attached hydrogens (tertiary/aromatic N) is 2. The van der Waals surface area contributed by atoms with Crippen LogP contribution in [0.3, 0.4) is 0 Å². The summed E-state index contributed by atoms with van der Waals surface area (Å²) < 4.78 is 5.39. The Morgan fingerprint density at radius 3 is 3.00 bits per heavy atom. The lowest BCUT2D eigenvalue weighted by Crippen LogP contribution is -2.18. The number of aromatic amines is 1. The van der Waals surface area contributed by atoms with E-state index in [2.05, 4.69) is 16.9 Å². The molecule has 3 aromatic rings. The zero-order valence-corrected chi connectivity index (χ0v) is 16.7. The largest absolute Gasteiger partial charge is 0.451 e. The normalized spacial score (nSPS) is 17.0. The molecule has 29 heavy (non-hydrogen) atoms. The fraction of sp³-hybridized carbons (Fsp3) is 0.350. The number of ether oxygens (including phenoxy) is 1. The summed E-state index contributed by atoms with van der Waals surface area (Å²) >= 11 is 1.52. The van der Waals surface area contributed by atoms with Crippen molar-refractivity contribution in [3.8, 4) is 0 Å². The highest BCUT2D eigenvalue weighted by atomic mass is 32.1. The van der Waals surface area contributed by atoms with Crippen LogP contribution in [0.1, 0.15) is 53.0 Å². The molecule has 1 aliphatic carbocycles. The molecule has 9 heteroatoms. The third-order valence-corrected chi connectivity index (χ3v) is 6.29. The number of carbonyl (C=O) groups excluding carboxylic acids is 1. The van der Waals surface area contributed by atoms with Gasteiger partial charge in [0.2, 0.25) is 0 Å². The van der Waals surface area contributed by atoms with Crippen LogP contribution in [-0.2, 0) is 17.6 Å². The van der Waals surface area contributed by atoms with Gasteiger partial charge < -0.3 is 9.72 Å². The Morgan fingerprint density at radius 2 is 2.24 bits per heavy atom. The van der Waals surface area contributed by atoms with Gasteiger partial charge in [-0.1, -0.05) is 13.0 Å². The average molecular weight is 413 g/mol. The second-order valence-corrected chi connectivity index (χ2v) is 8.42. The summed E-state index contributed by atoms with van der Waals surface area (Å²) in [4.78, 5) is 44.5. The van der Waals surface area contributed by atoms with E-state index < -0.39 is 17.0 Å². The second kappa shape index (κ2) is 7.40. The molecule has 1 aromatic carbocycles. The number of nitro benzene ring substituents is 1. The van der Waals surface area contributed by atoms with E-state index in [9.17, 15) is 19.7 Å². The molecule has 8 nitrogen and oxygen atoms in total. The molecule has 0 saturated heterocycles. The zero-order chi connectivity index (χ0) is 20.7. The third-order valence-electron chi connectivity index (χ3n) is 5.15. The maximum Gasteiger partial charge on any atom is 0.339 e. The topological polar surface area (TPSA) is 115 Å². The highest BCUT2D eigenvalue weighted by molar-refractivity contribution is 7.18. The van der Waals surface area contributed by atoms with Crippen LogP contribution in [0.15, 0.2) is 29.1 Å². The zero-order valence-electron chi connectivity index (χ0n) is 15.9. The smallest absolute Gasteiger partial charge is 0.339 e. The number of nitrogens with one attached hydrogen (secondary N) is 1. The van der Waals surface area contributed by atoms with Gasteiger partial charge in [-0.3, -0.25) is 14.9 Å². The summed E-state index contributed by atoms with van der Waals surface area (Å²) in [5.74, 6) is 0.125. The lowest BCUT2D eigenvalue weighted by molar-refractivity contribution is -0.384. The number of esters is 1. The van der Waals surface area contributed by atoms with Crippen molar-refractivity contribution in [2.75, 3.05) is 0 Å². The van der Waals surface area contributed by atoms with Gasteiger partial charge in [-0.25, -0.2) is 9.78 Å². The number of non-ortho nitro benzene ring substituents is 1. The highest BCUT2D eigenvalue weighted by Gasteiger charge is 2.25. The molecular formula is C20H19N3O5S. The van der Waals surface area contributed by atoms with Gasteiger partial charge in [0.05, 0.1) is 15.9 Å². The summed E-state index contributed by atoms with van der Waals surface area (Å²) in [6.07, 6.45) is 2.06. The van der Waals surface area contributed by atoms with E-state index in [-0.39, 0.29) is 22.6 Å². The molecule has 0 aliphatic heterocycles. The van der Waals surface area contributed by atoms with Crippen LogP contribution in [0.5, 0.6) is 0 Å². The van der Waals surface area contributed by atoms with Crippen molar-refractivity contribution in [2.45, 2.75) is 39.2 Å². The maximum absolute atomic E-state index is 12.7. The van der Waals surface area contributed by atoms with Crippen LogP contribution in [0.2, 0.25) is 0 Å². The van der Waals surface area contributed by atoms with E-state index in [1.807, 2.05) is 0 Å². The van der Waals surface area contributed by atoms with Crippen molar-refractivity contribution in [3.05, 3.63) is 66.6 Å². The molecule has 1 N–H and O–H groups in total. The first-order chi connectivity index (χ1) is 13.8. The first-order valence-corrected chi connectivity index (χ1v) is 10.1. The predicted octanol–water partition coefficient (Wildman–Crippen LogP) is 3.94. The van der Waals surface area contributed by atoms with Gasteiger partial charge in [-0.2, -0.15) is 0 Å². The van der Waals surface area contributed by atoms with Crippen molar-refractivity contribution in [3.63, 3.8) is 0 Å². The summed E-state index contributed by atoms with van der Waals surface area (Å²) in [6, 6.07) is 5.31. The monoisotopic (exact) mass is 413 g/mol. The number of fused-ring (bicyclic) bond motifs is 3. The molecule has 4 rings (SSSR count). The van der Waals surface area contributed by atoms with Gasteiger partial charge in [0.1, 0.15) is 4.83 Å². The Hall–Kier alpha value is -3.07. The fourth-order valence-corrected chi connectivity index (χ4v) is 4.98. The number of hydrogen-bond acceptors (Lipinski definition) is 7. The van der Waals surface area contributed by atoms with Crippen molar-refractivity contribution in [1.29, 1.82) is 0 Å². The van der Waals surface area contributed by atoms with Gasteiger partial charge in [0.15, 0.2) is 11.9 Å². The third kappa shape index (κ3) is 3.65. The average Bonchev–Trinajstić information content (AvgIpc) is 3.05. The summed E-state index contributed by atoms with van der Waals surface area (Å²) in [5, 5.41) is 11.5. The van der Waals surface area contributed by atoms with Crippen LogP contribution in [0.4, 0.5) is 5.69 Å². The van der Waals surface area contributed by atoms with Crippen molar-refractivity contribution < 1.29 is 14.5 Å². The van der Waals surface area contributed by atoms with E-state index in [1.165, 1.54) is 34.4 Å². The minimum Gasteiger partial charge on any atom is -0.451 e. The summed E-state index contributed by atoms with van der Waals surface area (Å²) in [7, 11) is 0. The molecule has 0 radical (unpaired) electrons. The van der Waals surface area contributed by atoms with Gasteiger partial charge in [-0.15, -0.1) is 11.3 Å². The quantitative estimate of drug-likeness (QED) is 0.394. The van der Waals surface area contributed by atoms with Crippen LogP contribution < -0.4 is 5.56 Å². The molecule has 0 bridgehead atoms. The Balaban J connectivity index is 1.61. The molecule has 0 amide bonds. The first kappa shape index (κ1) is 19.3. The van der Waals surface area contributed by atoms with E-state index >= 15 is 0 Å². The summed E-state index contributed by atoms with van der Waals surface area (Å²) in [6.45, 7) is 3.81. The van der Waals surface area contributed by atoms with Crippen molar-refractivity contribution in [1.82, 2.24) is 9.97 Å². The molecule has 1 aliphatic rings. The van der Waals surface area contributed by atoms with Crippen molar-refractivity contribution in [2.24, 2.45) is 5.92 Å². The molecule has 150 valence electrons. The lowest BCUT2D eigenvalue weighted by Gasteiger charge is -2.17. The molecule has 2 heterocycles.